The molecule has 0 aliphatic carbocycles. The van der Waals surface area contributed by atoms with Crippen LogP contribution in [0.2, 0.25) is 0 Å². The Balaban J connectivity index is 2.22. The number of para-hydroxylation sites is 3. The van der Waals surface area contributed by atoms with Gasteiger partial charge in [0.05, 0.1) is 6.61 Å². The quantitative estimate of drug-likeness (QED) is 0.684. The van der Waals surface area contributed by atoms with Crippen LogP contribution in [0.5, 0.6) is 17.2 Å². The highest BCUT2D eigenvalue weighted by atomic mass is 79.9. The second-order valence-corrected chi connectivity index (χ2v) is 4.70. The lowest BCUT2D eigenvalue weighted by Crippen LogP contribution is -1.98. The van der Waals surface area contributed by atoms with E-state index in [-0.39, 0.29) is 0 Å². The van der Waals surface area contributed by atoms with E-state index in [0.29, 0.717) is 6.61 Å². The highest BCUT2D eigenvalue weighted by Gasteiger charge is 2.07. The molecule has 2 rings (SSSR count). The first kappa shape index (κ1) is 13.9. The molecule has 19 heavy (non-hydrogen) atoms. The van der Waals surface area contributed by atoms with Crippen molar-refractivity contribution in [3.05, 3.63) is 54.1 Å². The van der Waals surface area contributed by atoms with Gasteiger partial charge in [0.15, 0.2) is 11.5 Å². The van der Waals surface area contributed by atoms with E-state index >= 15 is 0 Å². The van der Waals surface area contributed by atoms with Crippen molar-refractivity contribution in [2.24, 2.45) is 0 Å². The Hall–Kier alpha value is -1.48. The number of hydrogen-bond acceptors (Lipinski definition) is 2. The van der Waals surface area contributed by atoms with Crippen LogP contribution in [0.25, 0.3) is 0 Å². The minimum atomic E-state index is 0.695. The van der Waals surface area contributed by atoms with Gasteiger partial charge < -0.3 is 9.47 Å². The van der Waals surface area contributed by atoms with Gasteiger partial charge in [0.1, 0.15) is 5.75 Å². The summed E-state index contributed by atoms with van der Waals surface area (Å²) >= 11 is 3.47. The maximum Gasteiger partial charge on any atom is 0.169 e. The van der Waals surface area contributed by atoms with Gasteiger partial charge in [-0.05, 0) is 24.6 Å². The Labute approximate surface area is 122 Å². The van der Waals surface area contributed by atoms with Crippen molar-refractivity contribution >= 4 is 15.9 Å². The summed E-state index contributed by atoms with van der Waals surface area (Å²) < 4.78 is 11.7. The van der Waals surface area contributed by atoms with Crippen LogP contribution < -0.4 is 9.47 Å². The van der Waals surface area contributed by atoms with Crippen LogP contribution in [0.4, 0.5) is 0 Å². The molecule has 0 aliphatic rings. The molecule has 0 fully saturated rings. The van der Waals surface area contributed by atoms with Gasteiger partial charge in [-0.1, -0.05) is 53.2 Å². The largest absolute Gasteiger partial charge is 0.490 e. The lowest BCUT2D eigenvalue weighted by molar-refractivity contribution is 0.302. The van der Waals surface area contributed by atoms with Crippen LogP contribution in [-0.2, 0) is 5.33 Å². The minimum Gasteiger partial charge on any atom is -0.490 e. The summed E-state index contributed by atoms with van der Waals surface area (Å²) in [5, 5.41) is 0.765. The molecule has 0 heterocycles. The fourth-order valence-electron chi connectivity index (χ4n) is 1.70. The smallest absolute Gasteiger partial charge is 0.169 e. The van der Waals surface area contributed by atoms with Gasteiger partial charge in [-0.3, -0.25) is 0 Å². The van der Waals surface area contributed by atoms with E-state index < -0.39 is 0 Å². The maximum atomic E-state index is 5.97. The van der Waals surface area contributed by atoms with E-state index in [1.807, 2.05) is 48.5 Å². The Morgan fingerprint density at radius 2 is 1.53 bits per heavy atom. The molecule has 2 nitrogen and oxygen atoms in total. The SMILES string of the molecule is CCCOc1ccccc1Oc1ccccc1CBr. The molecule has 0 aliphatic heterocycles. The Morgan fingerprint density at radius 3 is 2.21 bits per heavy atom. The number of ether oxygens (including phenoxy) is 2. The lowest BCUT2D eigenvalue weighted by Gasteiger charge is -2.13. The predicted molar refractivity (Wildman–Crippen MR) is 81.4 cm³/mol. The summed E-state index contributed by atoms with van der Waals surface area (Å²) in [5.74, 6) is 2.39. The normalized spacial score (nSPS) is 10.2. The van der Waals surface area contributed by atoms with E-state index in [1.54, 1.807) is 0 Å². The van der Waals surface area contributed by atoms with Crippen molar-refractivity contribution in [3.8, 4) is 17.2 Å². The molecule has 0 radical (unpaired) electrons. The lowest BCUT2D eigenvalue weighted by atomic mass is 10.2. The van der Waals surface area contributed by atoms with Crippen molar-refractivity contribution in [1.29, 1.82) is 0 Å². The average molecular weight is 321 g/mol. The first-order chi connectivity index (χ1) is 9.35. The molecule has 0 aromatic heterocycles. The fourth-order valence-corrected chi connectivity index (χ4v) is 2.16. The molecule has 0 saturated heterocycles. The van der Waals surface area contributed by atoms with Crippen LogP contribution in [0.3, 0.4) is 0 Å². The number of benzene rings is 2. The molecule has 0 amide bonds. The molecule has 2 aromatic rings. The first-order valence-corrected chi connectivity index (χ1v) is 7.51. The summed E-state index contributed by atoms with van der Waals surface area (Å²) in [6.45, 7) is 2.78. The van der Waals surface area contributed by atoms with Crippen molar-refractivity contribution < 1.29 is 9.47 Å². The minimum absolute atomic E-state index is 0.695. The summed E-state index contributed by atoms with van der Waals surface area (Å²) in [6.07, 6.45) is 0.978. The fraction of sp³-hybridized carbons (Fsp3) is 0.250. The third-order valence-corrected chi connectivity index (χ3v) is 3.25. The van der Waals surface area contributed by atoms with E-state index in [9.17, 15) is 0 Å². The van der Waals surface area contributed by atoms with Crippen LogP contribution in [0.1, 0.15) is 18.9 Å². The van der Waals surface area contributed by atoms with Crippen molar-refractivity contribution in [2.45, 2.75) is 18.7 Å². The summed E-state index contributed by atoms with van der Waals surface area (Å²) in [7, 11) is 0. The molecule has 0 bridgehead atoms. The zero-order valence-electron chi connectivity index (χ0n) is 10.9. The van der Waals surface area contributed by atoms with Gasteiger partial charge in [-0.15, -0.1) is 0 Å². The molecule has 2 aromatic carbocycles. The van der Waals surface area contributed by atoms with Gasteiger partial charge in [0, 0.05) is 10.9 Å². The van der Waals surface area contributed by atoms with E-state index in [2.05, 4.69) is 22.9 Å². The molecular formula is C16H17BrO2. The van der Waals surface area contributed by atoms with Crippen molar-refractivity contribution in [3.63, 3.8) is 0 Å². The summed E-state index contributed by atoms with van der Waals surface area (Å²) in [4.78, 5) is 0. The van der Waals surface area contributed by atoms with E-state index in [4.69, 9.17) is 9.47 Å². The Kier molecular flexibility index (Phi) is 5.28. The van der Waals surface area contributed by atoms with Gasteiger partial charge in [0.2, 0.25) is 0 Å². The molecule has 100 valence electrons. The van der Waals surface area contributed by atoms with E-state index in [0.717, 1.165) is 34.6 Å². The molecule has 0 atom stereocenters. The van der Waals surface area contributed by atoms with Gasteiger partial charge >= 0.3 is 0 Å². The van der Waals surface area contributed by atoms with Crippen LogP contribution in [0, 0.1) is 0 Å². The first-order valence-electron chi connectivity index (χ1n) is 6.38. The van der Waals surface area contributed by atoms with Gasteiger partial charge in [-0.25, -0.2) is 0 Å². The van der Waals surface area contributed by atoms with E-state index in [1.165, 1.54) is 0 Å². The topological polar surface area (TPSA) is 18.5 Å². The van der Waals surface area contributed by atoms with Crippen molar-refractivity contribution in [2.75, 3.05) is 6.61 Å². The second-order valence-electron chi connectivity index (χ2n) is 4.14. The van der Waals surface area contributed by atoms with Gasteiger partial charge in [0.25, 0.3) is 0 Å². The number of halogens is 1. The van der Waals surface area contributed by atoms with Gasteiger partial charge in [-0.2, -0.15) is 0 Å². The number of rotatable bonds is 6. The maximum absolute atomic E-state index is 5.97. The van der Waals surface area contributed by atoms with Crippen LogP contribution >= 0.6 is 15.9 Å². The third kappa shape index (κ3) is 3.74. The highest BCUT2D eigenvalue weighted by molar-refractivity contribution is 9.08. The zero-order valence-corrected chi connectivity index (χ0v) is 12.5. The molecule has 0 spiro atoms. The molecular weight excluding hydrogens is 304 g/mol. The van der Waals surface area contributed by atoms with Crippen LogP contribution in [0.15, 0.2) is 48.5 Å². The molecule has 3 heteroatoms. The second kappa shape index (κ2) is 7.19. The summed E-state index contributed by atoms with van der Waals surface area (Å²) in [6, 6.07) is 15.7. The standard InChI is InChI=1S/C16H17BrO2/c1-2-11-18-15-9-5-6-10-16(15)19-14-8-4-3-7-13(14)12-17/h3-10H,2,11-12H2,1H3. The predicted octanol–water partition coefficient (Wildman–Crippen LogP) is 5.16. The summed E-state index contributed by atoms with van der Waals surface area (Å²) in [5.41, 5.74) is 1.12. The Bertz CT molecular complexity index is 526. The molecule has 0 saturated carbocycles. The number of alkyl halides is 1. The molecule has 0 N–H and O–H groups in total. The average Bonchev–Trinajstić information content (AvgIpc) is 2.47. The van der Waals surface area contributed by atoms with Crippen molar-refractivity contribution in [1.82, 2.24) is 0 Å². The third-order valence-electron chi connectivity index (χ3n) is 2.65. The van der Waals surface area contributed by atoms with Crippen LogP contribution in [-0.4, -0.2) is 6.61 Å². The molecule has 0 unspecified atom stereocenters. The number of hydrogen-bond donors (Lipinski definition) is 0. The monoisotopic (exact) mass is 320 g/mol. The Morgan fingerprint density at radius 1 is 0.895 bits per heavy atom. The zero-order chi connectivity index (χ0) is 13.5. The highest BCUT2D eigenvalue weighted by Crippen LogP contribution is 2.33.